The minimum atomic E-state index is -3.82. The third kappa shape index (κ3) is 3.06. The molecule has 0 aliphatic carbocycles. The lowest BCUT2D eigenvalue weighted by Crippen LogP contribution is -2.12. The molecule has 2 rings (SSSR count). The number of benzene rings is 2. The summed E-state index contributed by atoms with van der Waals surface area (Å²) >= 11 is 0. The lowest BCUT2D eigenvalue weighted by Gasteiger charge is -2.09. The van der Waals surface area contributed by atoms with Crippen molar-refractivity contribution in [2.24, 2.45) is 5.14 Å². The summed E-state index contributed by atoms with van der Waals surface area (Å²) in [5, 5.41) is 13.7. The highest BCUT2D eigenvalue weighted by atomic mass is 32.2. The van der Waals surface area contributed by atoms with Crippen LogP contribution in [0, 0.1) is 11.3 Å². The maximum absolute atomic E-state index is 11.3. The van der Waals surface area contributed by atoms with Crippen molar-refractivity contribution in [3.63, 3.8) is 0 Å². The Hall–Kier alpha value is -2.56. The van der Waals surface area contributed by atoms with Gasteiger partial charge >= 0.3 is 0 Å². The van der Waals surface area contributed by atoms with Gasteiger partial charge in [0.1, 0.15) is 5.75 Å². The number of nitrogens with two attached hydrogens (primary N) is 2. The van der Waals surface area contributed by atoms with E-state index in [1.165, 1.54) is 18.2 Å². The summed E-state index contributed by atoms with van der Waals surface area (Å²) in [6.07, 6.45) is 0. The first-order chi connectivity index (χ1) is 9.40. The van der Waals surface area contributed by atoms with Crippen LogP contribution in [0.2, 0.25) is 0 Å². The molecule has 4 N–H and O–H groups in total. The van der Waals surface area contributed by atoms with Gasteiger partial charge in [0, 0.05) is 6.07 Å². The lowest BCUT2D eigenvalue weighted by molar-refractivity contribution is 0.483. The fraction of sp³-hybridized carbons (Fsp3) is 0. The second-order valence-corrected chi connectivity index (χ2v) is 5.54. The van der Waals surface area contributed by atoms with Crippen molar-refractivity contribution < 1.29 is 13.2 Å². The molecule has 0 saturated carbocycles. The lowest BCUT2D eigenvalue weighted by atomic mass is 10.2. The van der Waals surface area contributed by atoms with E-state index in [0.717, 1.165) is 0 Å². The predicted molar refractivity (Wildman–Crippen MR) is 73.5 cm³/mol. The zero-order valence-corrected chi connectivity index (χ0v) is 11.1. The Morgan fingerprint density at radius 2 is 1.75 bits per heavy atom. The third-order valence-corrected chi connectivity index (χ3v) is 3.44. The highest BCUT2D eigenvalue weighted by Crippen LogP contribution is 2.29. The summed E-state index contributed by atoms with van der Waals surface area (Å²) in [7, 11) is -3.82. The van der Waals surface area contributed by atoms with Crippen LogP contribution in [0.5, 0.6) is 11.5 Å². The van der Waals surface area contributed by atoms with E-state index in [1.807, 2.05) is 6.07 Å². The van der Waals surface area contributed by atoms with Crippen LogP contribution in [-0.4, -0.2) is 8.42 Å². The minimum absolute atomic E-state index is 0.0876. The van der Waals surface area contributed by atoms with Gasteiger partial charge in [-0.2, -0.15) is 5.26 Å². The number of hydrogen-bond donors (Lipinski definition) is 2. The molecular formula is C13H11N3O3S. The average molecular weight is 289 g/mol. The fourth-order valence-corrected chi connectivity index (χ4v) is 2.03. The highest BCUT2D eigenvalue weighted by molar-refractivity contribution is 7.89. The number of nitrogen functional groups attached to an aromatic ring is 1. The molecule has 2 aromatic carbocycles. The number of anilines is 1. The van der Waals surface area contributed by atoms with Gasteiger partial charge in [0.25, 0.3) is 0 Å². The molecule has 0 saturated heterocycles. The van der Waals surface area contributed by atoms with Crippen LogP contribution in [0.15, 0.2) is 47.4 Å². The first kappa shape index (κ1) is 13.9. The van der Waals surface area contributed by atoms with Crippen LogP contribution in [0.4, 0.5) is 5.69 Å². The van der Waals surface area contributed by atoms with Crippen LogP contribution < -0.4 is 15.6 Å². The molecule has 7 heteroatoms. The van der Waals surface area contributed by atoms with E-state index in [2.05, 4.69) is 0 Å². The second kappa shape index (κ2) is 5.21. The molecule has 102 valence electrons. The summed E-state index contributed by atoms with van der Waals surface area (Å²) in [6, 6.07) is 12.3. The van der Waals surface area contributed by atoms with E-state index in [1.54, 1.807) is 24.3 Å². The number of primary sulfonamides is 1. The Morgan fingerprint density at radius 1 is 1.10 bits per heavy atom. The molecule has 0 aliphatic rings. The highest BCUT2D eigenvalue weighted by Gasteiger charge is 2.11. The van der Waals surface area contributed by atoms with Gasteiger partial charge in [-0.1, -0.05) is 0 Å². The van der Waals surface area contributed by atoms with Crippen LogP contribution in [0.1, 0.15) is 5.56 Å². The molecule has 0 aromatic heterocycles. The molecule has 0 spiro atoms. The monoisotopic (exact) mass is 289 g/mol. The largest absolute Gasteiger partial charge is 0.455 e. The van der Waals surface area contributed by atoms with Crippen molar-refractivity contribution >= 4 is 15.7 Å². The zero-order valence-electron chi connectivity index (χ0n) is 10.3. The van der Waals surface area contributed by atoms with Crippen molar-refractivity contribution in [1.29, 1.82) is 5.26 Å². The van der Waals surface area contributed by atoms with Gasteiger partial charge < -0.3 is 10.5 Å². The van der Waals surface area contributed by atoms with Crippen molar-refractivity contribution in [2.45, 2.75) is 4.90 Å². The Balaban J connectivity index is 2.35. The fourth-order valence-electron chi connectivity index (χ4n) is 1.50. The Morgan fingerprint density at radius 3 is 2.30 bits per heavy atom. The molecular weight excluding hydrogens is 278 g/mol. The molecule has 20 heavy (non-hydrogen) atoms. The van der Waals surface area contributed by atoms with Crippen LogP contribution in [0.25, 0.3) is 0 Å². The van der Waals surface area contributed by atoms with Crippen molar-refractivity contribution in [1.82, 2.24) is 0 Å². The molecule has 0 atom stereocenters. The molecule has 0 bridgehead atoms. The first-order valence-corrected chi connectivity index (χ1v) is 7.05. The number of sulfonamides is 1. The topological polar surface area (TPSA) is 119 Å². The van der Waals surface area contributed by atoms with E-state index in [4.69, 9.17) is 20.9 Å². The third-order valence-electron chi connectivity index (χ3n) is 2.52. The van der Waals surface area contributed by atoms with Gasteiger partial charge in [0.05, 0.1) is 22.2 Å². The maximum Gasteiger partial charge on any atom is 0.238 e. The molecule has 0 radical (unpaired) electrons. The van der Waals surface area contributed by atoms with E-state index in [-0.39, 0.29) is 16.3 Å². The average Bonchev–Trinajstić information content (AvgIpc) is 2.41. The number of ether oxygens (including phenoxy) is 1. The van der Waals surface area contributed by atoms with Crippen molar-refractivity contribution in [2.75, 3.05) is 5.73 Å². The first-order valence-electron chi connectivity index (χ1n) is 5.50. The van der Waals surface area contributed by atoms with E-state index < -0.39 is 10.0 Å². The summed E-state index contributed by atoms with van der Waals surface area (Å²) in [5.41, 5.74) is 6.49. The maximum atomic E-state index is 11.3. The Labute approximate surface area is 116 Å². The number of nitrogens with zero attached hydrogens (tertiary/aromatic N) is 1. The quantitative estimate of drug-likeness (QED) is 0.831. The summed E-state index contributed by atoms with van der Waals surface area (Å²) in [5.74, 6) is 0.614. The van der Waals surface area contributed by atoms with Gasteiger partial charge in [-0.3, -0.25) is 0 Å². The molecule has 0 amide bonds. The Kier molecular flexibility index (Phi) is 3.61. The molecule has 0 unspecified atom stereocenters. The van der Waals surface area contributed by atoms with Gasteiger partial charge in [-0.05, 0) is 36.4 Å². The SMILES string of the molecule is N#Cc1ccc(Oc2cc(S(N)(=O)=O)ccc2N)cc1. The summed E-state index contributed by atoms with van der Waals surface area (Å²) < 4.78 is 28.0. The van der Waals surface area contributed by atoms with E-state index in [0.29, 0.717) is 11.3 Å². The number of nitriles is 1. The summed E-state index contributed by atoms with van der Waals surface area (Å²) in [4.78, 5) is -0.0876. The van der Waals surface area contributed by atoms with Gasteiger partial charge in [-0.15, -0.1) is 0 Å². The summed E-state index contributed by atoms with van der Waals surface area (Å²) in [6.45, 7) is 0. The molecule has 6 nitrogen and oxygen atoms in total. The Bertz CT molecular complexity index is 777. The smallest absolute Gasteiger partial charge is 0.238 e. The van der Waals surface area contributed by atoms with E-state index in [9.17, 15) is 8.42 Å². The van der Waals surface area contributed by atoms with Gasteiger partial charge in [0.15, 0.2) is 5.75 Å². The molecule has 0 aliphatic heterocycles. The standard InChI is InChI=1S/C13H11N3O3S/c14-8-9-1-3-10(4-2-9)19-13-7-11(20(16,17)18)5-6-12(13)15/h1-7H,15H2,(H2,16,17,18). The van der Waals surface area contributed by atoms with Crippen molar-refractivity contribution in [3.8, 4) is 17.6 Å². The zero-order chi connectivity index (χ0) is 14.8. The number of hydrogen-bond acceptors (Lipinski definition) is 5. The number of rotatable bonds is 3. The molecule has 2 aromatic rings. The van der Waals surface area contributed by atoms with Crippen molar-refractivity contribution in [3.05, 3.63) is 48.0 Å². The van der Waals surface area contributed by atoms with Gasteiger partial charge in [0.2, 0.25) is 10.0 Å². The van der Waals surface area contributed by atoms with E-state index >= 15 is 0 Å². The van der Waals surface area contributed by atoms with Crippen LogP contribution in [0.3, 0.4) is 0 Å². The normalized spacial score (nSPS) is 10.8. The van der Waals surface area contributed by atoms with Crippen LogP contribution in [-0.2, 0) is 10.0 Å². The molecule has 0 fully saturated rings. The minimum Gasteiger partial charge on any atom is -0.455 e. The molecule has 0 heterocycles. The predicted octanol–water partition coefficient (Wildman–Crippen LogP) is 1.58. The van der Waals surface area contributed by atoms with Crippen LogP contribution >= 0.6 is 0 Å². The second-order valence-electron chi connectivity index (χ2n) is 3.98. The van der Waals surface area contributed by atoms with Gasteiger partial charge in [-0.25, -0.2) is 13.6 Å².